The molecule has 0 saturated heterocycles. The monoisotopic (exact) mass is 504 g/mol. The molecule has 1 aromatic carbocycles. The molecule has 1 rings (SSSR count). The molecule has 15 heteroatoms. The number of hydrogen-bond acceptors (Lipinski definition) is 9. The maximum absolute atomic E-state index is 11.7. The average molecular weight is 506 g/mol. The number of halogens is 3. The summed E-state index contributed by atoms with van der Waals surface area (Å²) in [6.07, 6.45) is 0. The van der Waals surface area contributed by atoms with Gasteiger partial charge in [-0.15, -0.1) is 34.8 Å². The van der Waals surface area contributed by atoms with Crippen LogP contribution in [0, 0.1) is 0 Å². The van der Waals surface area contributed by atoms with E-state index in [1.165, 1.54) is 0 Å². The van der Waals surface area contributed by atoms with Crippen LogP contribution in [-0.4, -0.2) is 60.2 Å². The standard InChI is InChI=1S/C12H15Cl3O9S3/c13-1-4-25(16,17)22-10-7-11(23-26(18,19)5-2-14)9-12(8-10)24-27(20,21)6-3-15/h7-9H,1-6H2. The number of rotatable bonds is 12. The van der Waals surface area contributed by atoms with Crippen molar-refractivity contribution in [3.05, 3.63) is 18.2 Å². The van der Waals surface area contributed by atoms with Crippen molar-refractivity contribution in [1.82, 2.24) is 0 Å². The highest BCUT2D eigenvalue weighted by Crippen LogP contribution is 2.30. The van der Waals surface area contributed by atoms with Crippen molar-refractivity contribution in [2.45, 2.75) is 0 Å². The van der Waals surface area contributed by atoms with Crippen molar-refractivity contribution in [1.29, 1.82) is 0 Å². The Bertz CT molecular complexity index is 808. The summed E-state index contributed by atoms with van der Waals surface area (Å²) in [7, 11) is -12.3. The van der Waals surface area contributed by atoms with E-state index in [0.717, 1.165) is 18.2 Å². The van der Waals surface area contributed by atoms with Crippen LogP contribution < -0.4 is 12.5 Å². The van der Waals surface area contributed by atoms with Crippen LogP contribution in [0.25, 0.3) is 0 Å². The van der Waals surface area contributed by atoms with Crippen LogP contribution in [0.3, 0.4) is 0 Å². The smallest absolute Gasteiger partial charge is 0.310 e. The Morgan fingerprint density at radius 3 is 0.963 bits per heavy atom. The van der Waals surface area contributed by atoms with E-state index in [4.69, 9.17) is 47.4 Å². The Morgan fingerprint density at radius 1 is 0.556 bits per heavy atom. The van der Waals surface area contributed by atoms with Gasteiger partial charge < -0.3 is 12.5 Å². The van der Waals surface area contributed by atoms with Crippen LogP contribution in [0.2, 0.25) is 0 Å². The zero-order valence-electron chi connectivity index (χ0n) is 13.5. The molecule has 0 atom stereocenters. The summed E-state index contributed by atoms with van der Waals surface area (Å²) in [6, 6.07) is 2.79. The van der Waals surface area contributed by atoms with Gasteiger partial charge in [-0.05, 0) is 0 Å². The molecule has 0 fully saturated rings. The average Bonchev–Trinajstić information content (AvgIpc) is 2.44. The van der Waals surface area contributed by atoms with Crippen molar-refractivity contribution in [2.24, 2.45) is 0 Å². The quantitative estimate of drug-likeness (QED) is 0.306. The fraction of sp³-hybridized carbons (Fsp3) is 0.500. The van der Waals surface area contributed by atoms with E-state index in [1.807, 2.05) is 0 Å². The maximum Gasteiger partial charge on any atom is 0.310 e. The van der Waals surface area contributed by atoms with Gasteiger partial charge in [0.2, 0.25) is 0 Å². The Kier molecular flexibility index (Phi) is 9.22. The van der Waals surface area contributed by atoms with Crippen molar-refractivity contribution in [3.8, 4) is 17.2 Å². The normalized spacial score (nSPS) is 12.6. The Morgan fingerprint density at radius 2 is 0.778 bits per heavy atom. The van der Waals surface area contributed by atoms with Gasteiger partial charge in [0, 0.05) is 35.8 Å². The van der Waals surface area contributed by atoms with Crippen molar-refractivity contribution in [3.63, 3.8) is 0 Å². The van der Waals surface area contributed by atoms with Crippen LogP contribution in [0.5, 0.6) is 17.2 Å². The molecule has 0 unspecified atom stereocenters. The molecule has 0 N–H and O–H groups in total. The van der Waals surface area contributed by atoms with E-state index in [9.17, 15) is 25.3 Å². The third-order valence-corrected chi connectivity index (χ3v) is 7.20. The van der Waals surface area contributed by atoms with Crippen LogP contribution in [0.15, 0.2) is 18.2 Å². The molecule has 0 spiro atoms. The maximum atomic E-state index is 11.7. The van der Waals surface area contributed by atoms with E-state index in [0.29, 0.717) is 0 Å². The summed E-state index contributed by atoms with van der Waals surface area (Å²) >= 11 is 16.1. The van der Waals surface area contributed by atoms with E-state index in [1.54, 1.807) is 0 Å². The van der Waals surface area contributed by atoms with Crippen LogP contribution in [-0.2, 0) is 30.4 Å². The molecule has 156 valence electrons. The number of hydrogen-bond donors (Lipinski definition) is 0. The molecule has 0 amide bonds. The molecular formula is C12H15Cl3O9S3. The molecule has 0 bridgehead atoms. The Balaban J connectivity index is 3.29. The molecule has 9 nitrogen and oxygen atoms in total. The van der Waals surface area contributed by atoms with Gasteiger partial charge in [-0.3, -0.25) is 0 Å². The molecule has 0 aliphatic carbocycles. The summed E-state index contributed by atoms with van der Waals surface area (Å²) in [6.45, 7) is 0. The van der Waals surface area contributed by atoms with Crippen LogP contribution in [0.1, 0.15) is 0 Å². The minimum atomic E-state index is -4.11. The van der Waals surface area contributed by atoms with Gasteiger partial charge in [0.1, 0.15) is 17.2 Å². The summed E-state index contributed by atoms with van der Waals surface area (Å²) in [5.74, 6) is -3.68. The second-order valence-corrected chi connectivity index (χ2v) is 10.9. The first-order chi connectivity index (χ1) is 12.4. The second-order valence-electron chi connectivity index (χ2n) is 4.74. The van der Waals surface area contributed by atoms with Crippen molar-refractivity contribution in [2.75, 3.05) is 34.9 Å². The predicted octanol–water partition coefficient (Wildman–Crippen LogP) is 1.53. The zero-order chi connectivity index (χ0) is 20.7. The van der Waals surface area contributed by atoms with E-state index >= 15 is 0 Å². The lowest BCUT2D eigenvalue weighted by molar-refractivity contribution is 0.468. The Hall–Kier alpha value is -0.660. The largest absolute Gasteiger partial charge is 0.382 e. The fourth-order valence-corrected chi connectivity index (χ4v) is 5.22. The third kappa shape index (κ3) is 9.39. The van der Waals surface area contributed by atoms with Gasteiger partial charge in [-0.2, -0.15) is 25.3 Å². The lowest BCUT2D eigenvalue weighted by Gasteiger charge is -2.12. The van der Waals surface area contributed by atoms with E-state index in [-0.39, 0.29) is 17.6 Å². The number of alkyl halides is 3. The summed E-state index contributed by atoms with van der Waals surface area (Å²) in [4.78, 5) is 0. The first kappa shape index (κ1) is 24.4. The van der Waals surface area contributed by atoms with Crippen LogP contribution in [0.4, 0.5) is 0 Å². The third-order valence-electron chi connectivity index (χ3n) is 2.50. The van der Waals surface area contributed by atoms with Gasteiger partial charge in [0.25, 0.3) is 0 Å². The Labute approximate surface area is 172 Å². The molecule has 0 heterocycles. The molecular weight excluding hydrogens is 491 g/mol. The molecule has 0 radical (unpaired) electrons. The lowest BCUT2D eigenvalue weighted by atomic mass is 10.3. The van der Waals surface area contributed by atoms with Gasteiger partial charge in [-0.1, -0.05) is 0 Å². The van der Waals surface area contributed by atoms with E-state index in [2.05, 4.69) is 0 Å². The van der Waals surface area contributed by atoms with Gasteiger partial charge in [0.15, 0.2) is 0 Å². The second kappa shape index (κ2) is 10.2. The van der Waals surface area contributed by atoms with Gasteiger partial charge in [0.05, 0.1) is 17.3 Å². The molecule has 0 aromatic heterocycles. The zero-order valence-corrected chi connectivity index (χ0v) is 18.2. The highest BCUT2D eigenvalue weighted by atomic mass is 35.5. The minimum Gasteiger partial charge on any atom is -0.382 e. The molecule has 27 heavy (non-hydrogen) atoms. The van der Waals surface area contributed by atoms with E-state index < -0.39 is 64.9 Å². The summed E-state index contributed by atoms with van der Waals surface area (Å²) in [5, 5.41) is 0. The van der Waals surface area contributed by atoms with Crippen molar-refractivity contribution < 1.29 is 37.8 Å². The molecule has 1 aromatic rings. The first-order valence-corrected chi connectivity index (χ1v) is 13.3. The predicted molar refractivity (Wildman–Crippen MR) is 102 cm³/mol. The van der Waals surface area contributed by atoms with Gasteiger partial charge >= 0.3 is 30.4 Å². The van der Waals surface area contributed by atoms with Crippen LogP contribution >= 0.6 is 34.8 Å². The first-order valence-electron chi connectivity index (χ1n) is 7.01. The van der Waals surface area contributed by atoms with Gasteiger partial charge in [-0.25, -0.2) is 0 Å². The lowest BCUT2D eigenvalue weighted by Crippen LogP contribution is -2.17. The summed E-state index contributed by atoms with van der Waals surface area (Å²) < 4.78 is 84.7. The SMILES string of the molecule is O=S(=O)(CCCl)Oc1cc(OS(=O)(=O)CCCl)cc(OS(=O)(=O)CCCl)c1. The molecule has 0 aliphatic heterocycles. The minimum absolute atomic E-state index is 0.254. The number of benzene rings is 1. The topological polar surface area (TPSA) is 130 Å². The highest BCUT2D eigenvalue weighted by molar-refractivity contribution is 7.87. The highest BCUT2D eigenvalue weighted by Gasteiger charge is 2.20. The van der Waals surface area contributed by atoms with Crippen molar-refractivity contribution >= 4 is 65.2 Å². The molecule has 0 saturated carbocycles. The summed E-state index contributed by atoms with van der Waals surface area (Å²) in [5.41, 5.74) is 0. The molecule has 0 aliphatic rings. The fourth-order valence-electron chi connectivity index (χ4n) is 1.54.